The first kappa shape index (κ1) is 35.2. The molecule has 0 aliphatic carbocycles. The second-order valence-electron chi connectivity index (χ2n) is 9.48. The van der Waals surface area contributed by atoms with Gasteiger partial charge in [0.25, 0.3) is 11.6 Å². The van der Waals surface area contributed by atoms with Crippen LogP contribution in [-0.4, -0.2) is 60.1 Å². The molecule has 0 fully saturated rings. The molecule has 1 heterocycles. The summed E-state index contributed by atoms with van der Waals surface area (Å²) >= 11 is 0. The van der Waals surface area contributed by atoms with Crippen LogP contribution in [0.3, 0.4) is 0 Å². The monoisotopic (exact) mass is 620 g/mol. The van der Waals surface area contributed by atoms with Crippen molar-refractivity contribution < 1.29 is 28.8 Å². The molecule has 0 spiro atoms. The van der Waals surface area contributed by atoms with E-state index < -0.39 is 4.92 Å². The Hall–Kier alpha value is -3.00. The minimum atomic E-state index is -0.483. The Labute approximate surface area is 254 Å². The van der Waals surface area contributed by atoms with Crippen molar-refractivity contribution in [1.29, 1.82) is 0 Å². The molecule has 11 nitrogen and oxygen atoms in total. The Morgan fingerprint density at radius 2 is 1.71 bits per heavy atom. The van der Waals surface area contributed by atoms with E-state index in [0.29, 0.717) is 23.4 Å². The van der Waals surface area contributed by atoms with Crippen LogP contribution < -0.4 is 10.6 Å². The zero-order chi connectivity index (χ0) is 30.9. The summed E-state index contributed by atoms with van der Waals surface area (Å²) in [6.07, 6.45) is 3.65. The number of ether oxygens (including phenoxy) is 2. The van der Waals surface area contributed by atoms with Gasteiger partial charge in [0.1, 0.15) is 17.0 Å². The number of ketones is 1. The number of Topliss-reactive ketones (excluding diaryl/α,β-unsaturated/α-hetero) is 1. The highest BCUT2D eigenvalue weighted by Gasteiger charge is 2.16. The third-order valence-electron chi connectivity index (χ3n) is 6.36. The van der Waals surface area contributed by atoms with Gasteiger partial charge >= 0.3 is 0 Å². The summed E-state index contributed by atoms with van der Waals surface area (Å²) < 4.78 is 11.1. The summed E-state index contributed by atoms with van der Waals surface area (Å²) in [6.45, 7) is 6.53. The number of carbonyl (C=O) groups is 3. The first-order chi connectivity index (χ1) is 20.2. The lowest BCUT2D eigenvalue weighted by molar-refractivity contribution is -0.385. The molecule has 0 saturated carbocycles. The van der Waals surface area contributed by atoms with E-state index in [4.69, 9.17) is 9.47 Å². The number of amides is 2. The van der Waals surface area contributed by atoms with Crippen LogP contribution >= 0.6 is 21.6 Å². The van der Waals surface area contributed by atoms with Crippen LogP contribution in [0, 0.1) is 10.1 Å². The number of benzene rings is 1. The average Bonchev–Trinajstić information content (AvgIpc) is 3.01. The third kappa shape index (κ3) is 12.9. The molecule has 0 bridgehead atoms. The number of nitrogens with one attached hydrogen (secondary N) is 2. The Balaban J connectivity index is 1.63. The molecular formula is C29H40N4O7S2. The van der Waals surface area contributed by atoms with Gasteiger partial charge in [0, 0.05) is 56.3 Å². The van der Waals surface area contributed by atoms with Gasteiger partial charge in [-0.1, -0.05) is 36.8 Å². The fraction of sp³-hybridized carbons (Fsp3) is 0.517. The first-order valence-corrected chi connectivity index (χ1v) is 16.2. The Morgan fingerprint density at radius 3 is 2.31 bits per heavy atom. The number of aromatic nitrogens is 1. The lowest BCUT2D eigenvalue weighted by Crippen LogP contribution is -2.34. The molecule has 0 radical (unpaired) electrons. The highest BCUT2D eigenvalue weighted by Crippen LogP contribution is 2.41. The summed E-state index contributed by atoms with van der Waals surface area (Å²) in [5.41, 5.74) is 1.47. The predicted octanol–water partition coefficient (Wildman–Crippen LogP) is 5.64. The topological polar surface area (TPSA) is 150 Å². The van der Waals surface area contributed by atoms with E-state index in [1.807, 2.05) is 32.9 Å². The van der Waals surface area contributed by atoms with Crippen molar-refractivity contribution >= 4 is 44.9 Å². The number of hydrogen-bond acceptors (Lipinski definition) is 10. The maximum atomic E-state index is 12.5. The van der Waals surface area contributed by atoms with Crippen molar-refractivity contribution in [3.63, 3.8) is 0 Å². The molecule has 2 rings (SSSR count). The van der Waals surface area contributed by atoms with E-state index in [1.165, 1.54) is 23.1 Å². The largest absolute Gasteiger partial charge is 0.356 e. The fourth-order valence-corrected chi connectivity index (χ4v) is 5.87. The van der Waals surface area contributed by atoms with Crippen molar-refractivity contribution in [1.82, 2.24) is 15.6 Å². The molecule has 2 amide bonds. The van der Waals surface area contributed by atoms with Gasteiger partial charge in [-0.3, -0.25) is 24.5 Å². The van der Waals surface area contributed by atoms with E-state index >= 15 is 0 Å². The molecule has 3 unspecified atom stereocenters. The molecule has 2 N–H and O–H groups in total. The number of nitrogens with zero attached hydrogens (tertiary/aromatic N) is 2. The molecule has 3 atom stereocenters. The van der Waals surface area contributed by atoms with Crippen molar-refractivity contribution in [3.05, 3.63) is 63.8 Å². The third-order valence-corrected chi connectivity index (χ3v) is 9.09. The fourth-order valence-electron chi connectivity index (χ4n) is 3.78. The molecule has 0 saturated heterocycles. The van der Waals surface area contributed by atoms with Crippen LogP contribution in [0.1, 0.15) is 80.5 Å². The van der Waals surface area contributed by atoms with E-state index in [9.17, 15) is 24.5 Å². The highest BCUT2D eigenvalue weighted by atomic mass is 33.1. The molecule has 1 aromatic carbocycles. The molecule has 13 heteroatoms. The lowest BCUT2D eigenvalue weighted by atomic mass is 10.1. The zero-order valence-corrected chi connectivity index (χ0v) is 26.1. The zero-order valence-electron chi connectivity index (χ0n) is 24.5. The van der Waals surface area contributed by atoms with E-state index in [0.717, 1.165) is 18.4 Å². The Morgan fingerprint density at radius 1 is 1.00 bits per heavy atom. The quantitative estimate of drug-likeness (QED) is 0.0625. The second kappa shape index (κ2) is 19.2. The number of carbonyl (C=O) groups excluding carboxylic acids is 3. The average molecular weight is 621 g/mol. The van der Waals surface area contributed by atoms with Gasteiger partial charge in [-0.05, 0) is 60.7 Å². The molecule has 0 aliphatic rings. The summed E-state index contributed by atoms with van der Waals surface area (Å²) in [5.74, 6) is -0.463. The van der Waals surface area contributed by atoms with E-state index in [1.54, 1.807) is 36.1 Å². The molecule has 0 aliphatic heterocycles. The maximum Gasteiger partial charge on any atom is 0.287 e. The molecule has 2 aromatic rings. The van der Waals surface area contributed by atoms with E-state index in [2.05, 4.69) is 15.6 Å². The van der Waals surface area contributed by atoms with Crippen molar-refractivity contribution in [3.8, 4) is 0 Å². The standard InChI is InChI=1S/C29H40N4O7S2/c1-5-25(40-28(6-2)39-4)14-12-24(34)13-15-26(35)30-17-18-31-29(36)22-9-7-21(8-10-22)20(3)41-42-27-16-11-23(19-32-27)33(37)38/h7-11,16,19-20,25,28H,5-6,12-15,17-18H2,1-4H3,(H,30,35)(H,31,36). The van der Waals surface area contributed by atoms with Gasteiger partial charge in [0.2, 0.25) is 5.91 Å². The molecule has 42 heavy (non-hydrogen) atoms. The van der Waals surface area contributed by atoms with Gasteiger partial charge in [0.15, 0.2) is 6.29 Å². The summed E-state index contributed by atoms with van der Waals surface area (Å²) in [4.78, 5) is 51.2. The first-order valence-electron chi connectivity index (χ1n) is 13.9. The lowest BCUT2D eigenvalue weighted by Gasteiger charge is -2.21. The van der Waals surface area contributed by atoms with Gasteiger partial charge in [-0.2, -0.15) is 0 Å². The number of hydrogen-bond donors (Lipinski definition) is 2. The van der Waals surface area contributed by atoms with Crippen LogP contribution in [0.4, 0.5) is 5.69 Å². The minimum Gasteiger partial charge on any atom is -0.356 e. The van der Waals surface area contributed by atoms with Crippen LogP contribution in [0.15, 0.2) is 47.6 Å². The minimum absolute atomic E-state index is 0.0174. The molecule has 230 valence electrons. The second-order valence-corrected chi connectivity index (χ2v) is 12.0. The summed E-state index contributed by atoms with van der Waals surface area (Å²) in [7, 11) is 4.58. The number of nitro groups is 1. The van der Waals surface area contributed by atoms with Crippen LogP contribution in [-0.2, 0) is 19.1 Å². The number of rotatable bonds is 20. The Bertz CT molecular complexity index is 1150. The SMILES string of the molecule is CCC(CCC(=O)CCC(=O)NCCNC(=O)c1ccc(C(C)SSc2ccc([N+](=O)[O-])cn2)cc1)OC(CC)OC. The normalized spacial score (nSPS) is 13.1. The van der Waals surface area contributed by atoms with Crippen molar-refractivity contribution in [2.75, 3.05) is 20.2 Å². The van der Waals surface area contributed by atoms with Gasteiger partial charge in [-0.25, -0.2) is 4.98 Å². The van der Waals surface area contributed by atoms with Gasteiger partial charge in [-0.15, -0.1) is 0 Å². The van der Waals surface area contributed by atoms with Gasteiger partial charge < -0.3 is 20.1 Å². The van der Waals surface area contributed by atoms with Crippen molar-refractivity contribution in [2.45, 2.75) is 82.0 Å². The van der Waals surface area contributed by atoms with Crippen LogP contribution in [0.5, 0.6) is 0 Å². The highest BCUT2D eigenvalue weighted by molar-refractivity contribution is 8.76. The Kier molecular flexibility index (Phi) is 16.1. The summed E-state index contributed by atoms with van der Waals surface area (Å²) in [6, 6.07) is 10.3. The number of pyridine rings is 1. The predicted molar refractivity (Wildman–Crippen MR) is 164 cm³/mol. The van der Waals surface area contributed by atoms with Crippen molar-refractivity contribution in [2.24, 2.45) is 0 Å². The molecule has 1 aromatic heterocycles. The number of methoxy groups -OCH3 is 1. The summed E-state index contributed by atoms with van der Waals surface area (Å²) in [5, 5.41) is 17.0. The van der Waals surface area contributed by atoms with Gasteiger partial charge in [0.05, 0.1) is 11.0 Å². The molecular weight excluding hydrogens is 580 g/mol. The maximum absolute atomic E-state index is 12.5. The smallest absolute Gasteiger partial charge is 0.287 e. The van der Waals surface area contributed by atoms with E-state index in [-0.39, 0.29) is 66.9 Å². The van der Waals surface area contributed by atoms with Crippen LogP contribution in [0.2, 0.25) is 0 Å². The van der Waals surface area contributed by atoms with Crippen LogP contribution in [0.25, 0.3) is 0 Å².